The van der Waals surface area contributed by atoms with Crippen LogP contribution in [0.3, 0.4) is 0 Å². The Morgan fingerprint density at radius 1 is 1.03 bits per heavy atom. The molecule has 0 bridgehead atoms. The molecule has 0 radical (unpaired) electrons. The van der Waals surface area contributed by atoms with Gasteiger partial charge in [0, 0.05) is 31.2 Å². The van der Waals surface area contributed by atoms with Gasteiger partial charge < -0.3 is 9.84 Å². The fourth-order valence-electron chi connectivity index (χ4n) is 4.20. The molecule has 8 heteroatoms. The summed E-state index contributed by atoms with van der Waals surface area (Å²) in [6.07, 6.45) is 2.18. The number of fused-ring (bicyclic) bond motifs is 1. The molecule has 4 aromatic rings. The molecule has 1 N–H and O–H groups in total. The summed E-state index contributed by atoms with van der Waals surface area (Å²) in [7, 11) is 0. The zero-order valence-corrected chi connectivity index (χ0v) is 18.7. The highest BCUT2D eigenvalue weighted by Gasteiger charge is 2.33. The fraction of sp³-hybridized carbons (Fsp3) is 0.148. The molecule has 1 aliphatic heterocycles. The van der Waals surface area contributed by atoms with E-state index >= 15 is 0 Å². The van der Waals surface area contributed by atoms with E-state index in [4.69, 9.17) is 10.00 Å². The summed E-state index contributed by atoms with van der Waals surface area (Å²) in [6, 6.07) is 17.2. The second kappa shape index (κ2) is 9.22. The first kappa shape index (κ1) is 22.6. The molecule has 0 fully saturated rings. The van der Waals surface area contributed by atoms with Gasteiger partial charge in [0.2, 0.25) is 11.6 Å². The number of aromatic nitrogens is 2. The van der Waals surface area contributed by atoms with Crippen molar-refractivity contribution in [3.05, 3.63) is 107 Å². The average molecular weight is 470 g/mol. The lowest BCUT2D eigenvalue weighted by Crippen LogP contribution is -2.21. The largest absolute Gasteiger partial charge is 0.432 e. The number of benzene rings is 2. The lowest BCUT2D eigenvalue weighted by Gasteiger charge is -2.21. The topological polar surface area (TPSA) is 82.3 Å². The van der Waals surface area contributed by atoms with Crippen LogP contribution in [-0.2, 0) is 13.1 Å². The molecule has 1 atom stereocenters. The van der Waals surface area contributed by atoms with E-state index in [2.05, 4.69) is 9.97 Å². The van der Waals surface area contributed by atoms with Gasteiger partial charge in [-0.2, -0.15) is 5.26 Å². The highest BCUT2D eigenvalue weighted by atomic mass is 19.1. The van der Waals surface area contributed by atoms with Crippen molar-refractivity contribution in [3.63, 3.8) is 0 Å². The van der Waals surface area contributed by atoms with Crippen LogP contribution in [0.1, 0.15) is 34.2 Å². The molecule has 0 saturated carbocycles. The lowest BCUT2D eigenvalue weighted by molar-refractivity contribution is 0.00635. The van der Waals surface area contributed by atoms with E-state index < -0.39 is 23.6 Å². The molecule has 0 spiro atoms. The number of aryl methyl sites for hydroxylation is 1. The van der Waals surface area contributed by atoms with Crippen molar-refractivity contribution in [2.75, 3.05) is 0 Å². The van der Waals surface area contributed by atoms with Gasteiger partial charge in [0.15, 0.2) is 11.6 Å². The first-order chi connectivity index (χ1) is 16.9. The predicted molar refractivity (Wildman–Crippen MR) is 124 cm³/mol. The third-order valence-electron chi connectivity index (χ3n) is 5.92. The molecule has 0 amide bonds. The number of nitrogens with zero attached hydrogens (tertiary/aromatic N) is 4. The van der Waals surface area contributed by atoms with Crippen molar-refractivity contribution < 1.29 is 18.6 Å². The molecule has 6 nitrogen and oxygen atoms in total. The van der Waals surface area contributed by atoms with Crippen LogP contribution in [0.25, 0.3) is 11.1 Å². The number of rotatable bonds is 5. The minimum absolute atomic E-state index is 0.0802. The van der Waals surface area contributed by atoms with Crippen molar-refractivity contribution in [1.29, 1.82) is 5.26 Å². The molecule has 3 heterocycles. The normalized spacial score (nSPS) is 15.0. The van der Waals surface area contributed by atoms with Gasteiger partial charge in [-0.05, 0) is 59.5 Å². The van der Waals surface area contributed by atoms with Crippen LogP contribution in [0.4, 0.5) is 8.78 Å². The van der Waals surface area contributed by atoms with Crippen LogP contribution in [-0.4, -0.2) is 20.0 Å². The van der Waals surface area contributed by atoms with Gasteiger partial charge in [-0.15, -0.1) is 0 Å². The quantitative estimate of drug-likeness (QED) is 0.421. The van der Waals surface area contributed by atoms with E-state index in [1.165, 1.54) is 6.20 Å². The number of hydrogen-bond acceptors (Lipinski definition) is 6. The summed E-state index contributed by atoms with van der Waals surface area (Å²) in [5.41, 5.74) is 5.03. The molecule has 174 valence electrons. The van der Waals surface area contributed by atoms with Crippen LogP contribution in [0.15, 0.2) is 67.0 Å². The Hall–Kier alpha value is -4.19. The number of halogens is 2. The molecule has 0 aliphatic carbocycles. The highest BCUT2D eigenvalue weighted by molar-refractivity contribution is 5.63. The van der Waals surface area contributed by atoms with E-state index in [9.17, 15) is 13.9 Å². The zero-order chi connectivity index (χ0) is 24.5. The van der Waals surface area contributed by atoms with E-state index in [0.717, 1.165) is 40.1 Å². The first-order valence-corrected chi connectivity index (χ1v) is 10.9. The Morgan fingerprint density at radius 3 is 2.43 bits per heavy atom. The maximum Gasteiger partial charge on any atom is 0.227 e. The van der Waals surface area contributed by atoms with Crippen LogP contribution < -0.4 is 4.74 Å². The third kappa shape index (κ3) is 4.47. The molecule has 1 aliphatic rings. The SMILES string of the molecule is Cc1cc(-c2ccc(CN3Cc4ccnc(Oc5c(F)cc(C#N)cc5F)c4C3O)cc2)ccn1. The Labute approximate surface area is 200 Å². The van der Waals surface area contributed by atoms with Crippen LogP contribution in [0.2, 0.25) is 0 Å². The summed E-state index contributed by atoms with van der Waals surface area (Å²) in [6.45, 7) is 2.81. The number of ether oxygens (including phenoxy) is 1. The summed E-state index contributed by atoms with van der Waals surface area (Å²) < 4.78 is 34.2. The van der Waals surface area contributed by atoms with Crippen LogP contribution in [0, 0.1) is 29.9 Å². The maximum atomic E-state index is 14.4. The first-order valence-electron chi connectivity index (χ1n) is 10.9. The Kier molecular flexibility index (Phi) is 5.95. The zero-order valence-electron chi connectivity index (χ0n) is 18.7. The van der Waals surface area contributed by atoms with Crippen molar-refractivity contribution in [3.8, 4) is 28.8 Å². The van der Waals surface area contributed by atoms with Crippen LogP contribution in [0.5, 0.6) is 11.6 Å². The van der Waals surface area contributed by atoms with Gasteiger partial charge in [-0.3, -0.25) is 9.88 Å². The predicted octanol–water partition coefficient (Wildman–Crippen LogP) is 5.40. The van der Waals surface area contributed by atoms with Gasteiger partial charge in [-0.25, -0.2) is 13.8 Å². The minimum Gasteiger partial charge on any atom is -0.432 e. The number of nitriles is 1. The molecular formula is C27H20F2N4O2. The number of aliphatic hydroxyl groups is 1. The van der Waals surface area contributed by atoms with Gasteiger partial charge in [-0.1, -0.05) is 24.3 Å². The van der Waals surface area contributed by atoms with Crippen LogP contribution >= 0.6 is 0 Å². The number of aliphatic hydroxyl groups excluding tert-OH is 1. The minimum atomic E-state index is -1.07. The molecule has 2 aromatic carbocycles. The Bertz CT molecular complexity index is 1430. The van der Waals surface area contributed by atoms with Gasteiger partial charge in [0.05, 0.1) is 17.2 Å². The Morgan fingerprint density at radius 2 is 1.74 bits per heavy atom. The summed E-state index contributed by atoms with van der Waals surface area (Å²) in [4.78, 5) is 10.1. The third-order valence-corrected chi connectivity index (χ3v) is 5.92. The average Bonchev–Trinajstić information content (AvgIpc) is 3.17. The second-order valence-corrected chi connectivity index (χ2v) is 8.33. The fourth-order valence-corrected chi connectivity index (χ4v) is 4.20. The van der Waals surface area contributed by atoms with Gasteiger partial charge in [0.25, 0.3) is 0 Å². The lowest BCUT2D eigenvalue weighted by atomic mass is 10.0. The second-order valence-electron chi connectivity index (χ2n) is 8.33. The Balaban J connectivity index is 1.36. The molecule has 1 unspecified atom stereocenters. The van der Waals surface area contributed by atoms with Crippen molar-refractivity contribution in [2.45, 2.75) is 26.2 Å². The molecule has 5 rings (SSSR count). The van der Waals surface area contributed by atoms with E-state index in [0.29, 0.717) is 18.7 Å². The maximum absolute atomic E-state index is 14.4. The van der Waals surface area contributed by atoms with E-state index in [1.54, 1.807) is 18.3 Å². The summed E-state index contributed by atoms with van der Waals surface area (Å²) in [5, 5.41) is 19.9. The summed E-state index contributed by atoms with van der Waals surface area (Å²) in [5.74, 6) is -2.79. The van der Waals surface area contributed by atoms with Gasteiger partial charge >= 0.3 is 0 Å². The molecule has 0 saturated heterocycles. The molecule has 2 aromatic heterocycles. The monoisotopic (exact) mass is 470 g/mol. The number of pyridine rings is 2. The van der Waals surface area contributed by atoms with E-state index in [1.807, 2.05) is 48.2 Å². The summed E-state index contributed by atoms with van der Waals surface area (Å²) >= 11 is 0. The van der Waals surface area contributed by atoms with Crippen molar-refractivity contribution >= 4 is 0 Å². The standard InChI is InChI=1S/C27H20F2N4O2/c1-16-10-20(6-8-31-16)19-4-2-17(3-5-19)14-33-15-21-7-9-32-26(24(21)27(33)34)35-25-22(28)11-18(13-30)12-23(25)29/h2-12,27,34H,14-15H2,1H3. The highest BCUT2D eigenvalue weighted by Crippen LogP contribution is 2.40. The van der Waals surface area contributed by atoms with E-state index in [-0.39, 0.29) is 11.4 Å². The smallest absolute Gasteiger partial charge is 0.227 e. The van der Waals surface area contributed by atoms with Crippen molar-refractivity contribution in [1.82, 2.24) is 14.9 Å². The number of hydrogen-bond donors (Lipinski definition) is 1. The van der Waals surface area contributed by atoms with Crippen molar-refractivity contribution in [2.24, 2.45) is 0 Å². The molecule has 35 heavy (non-hydrogen) atoms. The van der Waals surface area contributed by atoms with Gasteiger partial charge in [0.1, 0.15) is 6.23 Å². The molecular weight excluding hydrogens is 450 g/mol.